The largest absolute Gasteiger partial charge is 0.497 e. The standard InChI is InChI=1S/C18H25ClN2O2.C10H9F3O2.C2H6/c1-21-10-8-18(9-11-21)6-4-13(5-7-18)20-14-2-3-15(17(22)23)16(19)12-14;1-15-8-4-2-3-7(5-8)9(6-14)10(11,12)13;1-2/h2-3,12-13,20H,4-11H2,1H3,(H,22,23);2-6,9H,1H3;1-2H3. The average Bonchev–Trinajstić information content (AvgIpc) is 2.93. The maximum Gasteiger partial charge on any atom is 0.402 e. The summed E-state index contributed by atoms with van der Waals surface area (Å²) >= 11 is 6.05. The summed E-state index contributed by atoms with van der Waals surface area (Å²) in [5, 5.41) is 12.9. The third kappa shape index (κ3) is 9.41. The number of carbonyl (C=O) groups is 2. The number of carboxylic acids is 1. The van der Waals surface area contributed by atoms with Crippen LogP contribution in [-0.2, 0) is 4.79 Å². The van der Waals surface area contributed by atoms with Crippen molar-refractivity contribution in [1.82, 2.24) is 4.90 Å². The molecule has 0 amide bonds. The minimum Gasteiger partial charge on any atom is -0.497 e. The Balaban J connectivity index is 0.000000287. The molecule has 2 fully saturated rings. The Hall–Kier alpha value is -2.78. The molecule has 1 saturated carbocycles. The number of halogens is 4. The highest BCUT2D eigenvalue weighted by atomic mass is 35.5. The molecule has 1 aliphatic heterocycles. The molecule has 1 spiro atoms. The predicted octanol–water partition coefficient (Wildman–Crippen LogP) is 7.67. The summed E-state index contributed by atoms with van der Waals surface area (Å²) in [5.74, 6) is -2.78. The smallest absolute Gasteiger partial charge is 0.402 e. The van der Waals surface area contributed by atoms with E-state index in [4.69, 9.17) is 21.4 Å². The summed E-state index contributed by atoms with van der Waals surface area (Å²) in [4.78, 5) is 23.8. The van der Waals surface area contributed by atoms with E-state index in [0.717, 1.165) is 5.69 Å². The van der Waals surface area contributed by atoms with E-state index in [1.54, 1.807) is 12.1 Å². The number of carbonyl (C=O) groups excluding carboxylic acids is 1. The monoisotopic (exact) mass is 584 g/mol. The molecule has 6 nitrogen and oxygen atoms in total. The van der Waals surface area contributed by atoms with Crippen molar-refractivity contribution in [3.63, 3.8) is 0 Å². The van der Waals surface area contributed by atoms with E-state index >= 15 is 0 Å². The fraction of sp³-hybridized carbons (Fsp3) is 0.533. The zero-order chi connectivity index (χ0) is 29.9. The van der Waals surface area contributed by atoms with Crippen LogP contribution in [0.4, 0.5) is 18.9 Å². The first kappa shape index (κ1) is 33.4. The van der Waals surface area contributed by atoms with Crippen LogP contribution in [0.1, 0.15) is 74.2 Å². The van der Waals surface area contributed by atoms with Crippen LogP contribution in [-0.4, -0.2) is 61.7 Å². The highest BCUT2D eigenvalue weighted by Crippen LogP contribution is 2.45. The summed E-state index contributed by atoms with van der Waals surface area (Å²) in [6.45, 7) is 6.45. The number of ether oxygens (including phenoxy) is 1. The number of alkyl halides is 3. The molecular weight excluding hydrogens is 545 g/mol. The summed E-state index contributed by atoms with van der Waals surface area (Å²) in [7, 11) is 3.56. The molecule has 1 unspecified atom stereocenters. The first-order valence-corrected chi connectivity index (χ1v) is 14.0. The Kier molecular flexibility index (Phi) is 12.8. The van der Waals surface area contributed by atoms with Crippen molar-refractivity contribution in [3.05, 3.63) is 58.6 Å². The molecule has 2 N–H and O–H groups in total. The van der Waals surface area contributed by atoms with Gasteiger partial charge in [-0.3, -0.25) is 0 Å². The van der Waals surface area contributed by atoms with Crippen molar-refractivity contribution in [2.45, 2.75) is 70.5 Å². The second kappa shape index (κ2) is 15.3. The van der Waals surface area contributed by atoms with Gasteiger partial charge in [0.05, 0.1) is 17.7 Å². The summed E-state index contributed by atoms with van der Waals surface area (Å²) < 4.78 is 41.9. The average molecular weight is 585 g/mol. The number of nitrogens with zero attached hydrogens (tertiary/aromatic N) is 1. The molecule has 2 aromatic carbocycles. The SMILES string of the molecule is CC.CN1CCC2(CCC(Nc3ccc(C(=O)O)c(Cl)c3)CC2)CC1.COc1cccc(C(C=O)C(F)(F)F)c1. The number of hydrogen-bond donors (Lipinski definition) is 2. The molecule has 40 heavy (non-hydrogen) atoms. The van der Waals surface area contributed by atoms with Crippen molar-refractivity contribution in [2.75, 3.05) is 32.6 Å². The Bertz CT molecular complexity index is 1090. The van der Waals surface area contributed by atoms with Crippen molar-refractivity contribution < 1.29 is 32.6 Å². The molecule has 222 valence electrons. The molecule has 1 atom stereocenters. The lowest BCUT2D eigenvalue weighted by Crippen LogP contribution is -2.42. The zero-order valence-electron chi connectivity index (χ0n) is 23.6. The van der Waals surface area contributed by atoms with Gasteiger partial charge in [-0.05, 0) is 100.0 Å². The van der Waals surface area contributed by atoms with E-state index in [2.05, 4.69) is 17.3 Å². The number of aromatic carboxylic acids is 1. The second-order valence-electron chi connectivity index (χ2n) is 10.2. The van der Waals surface area contributed by atoms with Gasteiger partial charge in [0.2, 0.25) is 0 Å². The van der Waals surface area contributed by atoms with Gasteiger partial charge in [-0.2, -0.15) is 13.2 Å². The number of carboxylic acid groups (broad SMARTS) is 1. The number of anilines is 1. The van der Waals surface area contributed by atoms with E-state index in [1.807, 2.05) is 19.9 Å². The maximum absolute atomic E-state index is 12.4. The Labute approximate surface area is 239 Å². The lowest BCUT2D eigenvalue weighted by molar-refractivity contribution is -0.155. The fourth-order valence-corrected chi connectivity index (χ4v) is 5.42. The van der Waals surface area contributed by atoms with Gasteiger partial charge in [0.1, 0.15) is 18.0 Å². The van der Waals surface area contributed by atoms with Crippen molar-refractivity contribution in [3.8, 4) is 5.75 Å². The van der Waals surface area contributed by atoms with Gasteiger partial charge in [0.25, 0.3) is 0 Å². The zero-order valence-corrected chi connectivity index (χ0v) is 24.3. The molecule has 1 aliphatic carbocycles. The number of likely N-dealkylation sites (tertiary alicyclic amines) is 1. The van der Waals surface area contributed by atoms with Gasteiger partial charge in [0, 0.05) is 11.7 Å². The molecule has 2 aromatic rings. The van der Waals surface area contributed by atoms with Gasteiger partial charge < -0.3 is 24.9 Å². The molecular formula is C30H40ClF3N2O4. The molecule has 4 rings (SSSR count). The van der Waals surface area contributed by atoms with Crippen molar-refractivity contribution in [1.29, 1.82) is 0 Å². The lowest BCUT2D eigenvalue weighted by Gasteiger charge is -2.45. The minimum atomic E-state index is -4.56. The van der Waals surface area contributed by atoms with Crippen LogP contribution in [0.5, 0.6) is 5.75 Å². The number of rotatable bonds is 6. The normalized spacial score (nSPS) is 17.9. The third-order valence-corrected chi connectivity index (χ3v) is 7.92. The molecule has 2 aliphatic rings. The van der Waals surface area contributed by atoms with Crippen LogP contribution in [0, 0.1) is 5.41 Å². The molecule has 0 aromatic heterocycles. The Morgan fingerprint density at radius 3 is 2.25 bits per heavy atom. The van der Waals surface area contributed by atoms with Crippen LogP contribution >= 0.6 is 11.6 Å². The van der Waals surface area contributed by atoms with Gasteiger partial charge in [-0.15, -0.1) is 0 Å². The number of aldehydes is 1. The second-order valence-corrected chi connectivity index (χ2v) is 10.6. The summed E-state index contributed by atoms with van der Waals surface area (Å²) in [6.07, 6.45) is 2.93. The first-order valence-electron chi connectivity index (χ1n) is 13.6. The van der Waals surface area contributed by atoms with E-state index in [-0.39, 0.29) is 17.4 Å². The van der Waals surface area contributed by atoms with Gasteiger partial charge in [0.15, 0.2) is 0 Å². The number of methoxy groups -OCH3 is 1. The fourth-order valence-electron chi connectivity index (χ4n) is 5.16. The van der Waals surface area contributed by atoms with E-state index in [0.29, 0.717) is 22.2 Å². The van der Waals surface area contributed by atoms with Crippen LogP contribution in [0.3, 0.4) is 0 Å². The molecule has 0 radical (unpaired) electrons. The quantitative estimate of drug-likeness (QED) is 0.339. The summed E-state index contributed by atoms with van der Waals surface area (Å²) in [6, 6.07) is 11.0. The van der Waals surface area contributed by atoms with Crippen LogP contribution in [0.25, 0.3) is 0 Å². The molecule has 0 bridgehead atoms. The lowest BCUT2D eigenvalue weighted by atomic mass is 9.67. The highest BCUT2D eigenvalue weighted by molar-refractivity contribution is 6.33. The topological polar surface area (TPSA) is 78.9 Å². The highest BCUT2D eigenvalue weighted by Gasteiger charge is 2.41. The maximum atomic E-state index is 12.4. The predicted molar refractivity (Wildman–Crippen MR) is 153 cm³/mol. The molecule has 1 saturated heterocycles. The molecule has 10 heteroatoms. The van der Waals surface area contributed by atoms with E-state index in [1.165, 1.54) is 83.0 Å². The number of piperidine rings is 1. The summed E-state index contributed by atoms with van der Waals surface area (Å²) in [5.41, 5.74) is 1.53. The molecule has 1 heterocycles. The first-order chi connectivity index (χ1) is 19.0. The third-order valence-electron chi connectivity index (χ3n) is 7.61. The van der Waals surface area contributed by atoms with Crippen LogP contribution in [0.15, 0.2) is 42.5 Å². The van der Waals surface area contributed by atoms with Gasteiger partial charge in [-0.1, -0.05) is 37.6 Å². The van der Waals surface area contributed by atoms with Crippen molar-refractivity contribution >= 4 is 29.5 Å². The Morgan fingerprint density at radius 2 is 1.75 bits per heavy atom. The minimum absolute atomic E-state index is 0.114. The van der Waals surface area contributed by atoms with E-state index in [9.17, 15) is 22.8 Å². The van der Waals surface area contributed by atoms with Gasteiger partial charge in [-0.25, -0.2) is 4.79 Å². The number of nitrogens with one attached hydrogen (secondary N) is 1. The number of benzene rings is 2. The Morgan fingerprint density at radius 1 is 1.12 bits per heavy atom. The van der Waals surface area contributed by atoms with E-state index < -0.39 is 18.1 Å². The van der Waals surface area contributed by atoms with Crippen molar-refractivity contribution in [2.24, 2.45) is 5.41 Å². The number of hydrogen-bond acceptors (Lipinski definition) is 5. The van der Waals surface area contributed by atoms with Gasteiger partial charge >= 0.3 is 12.1 Å². The van der Waals surface area contributed by atoms with Crippen LogP contribution in [0.2, 0.25) is 5.02 Å². The van der Waals surface area contributed by atoms with Crippen LogP contribution < -0.4 is 10.1 Å².